The van der Waals surface area contributed by atoms with E-state index in [2.05, 4.69) is 22.5 Å². The molecule has 7 nitrogen and oxygen atoms in total. The minimum atomic E-state index is -0.282. The second kappa shape index (κ2) is 9.20. The Bertz CT molecular complexity index is 990. The first-order chi connectivity index (χ1) is 15.1. The SMILES string of the molecule is O=C1COc2ccccc2C/C=C/CC2(CCCN(C(=O)c3ncccc3O)C2)CN1. The molecule has 2 amide bonds. The maximum absolute atomic E-state index is 13.0. The van der Waals surface area contributed by atoms with Crippen molar-refractivity contribution in [1.29, 1.82) is 0 Å². The lowest BCUT2D eigenvalue weighted by molar-refractivity contribution is -0.123. The molecule has 7 heteroatoms. The number of para-hydroxylation sites is 1. The molecular formula is C24H27N3O4. The van der Waals surface area contributed by atoms with Crippen molar-refractivity contribution in [2.75, 3.05) is 26.2 Å². The summed E-state index contributed by atoms with van der Waals surface area (Å²) >= 11 is 0. The van der Waals surface area contributed by atoms with Gasteiger partial charge in [0, 0.05) is 31.2 Å². The smallest absolute Gasteiger partial charge is 0.276 e. The largest absolute Gasteiger partial charge is 0.505 e. The molecule has 31 heavy (non-hydrogen) atoms. The number of hydrogen-bond donors (Lipinski definition) is 2. The minimum absolute atomic E-state index is 0.0404. The number of nitrogens with one attached hydrogen (secondary N) is 1. The summed E-state index contributed by atoms with van der Waals surface area (Å²) in [5.41, 5.74) is 0.827. The van der Waals surface area contributed by atoms with E-state index in [0.29, 0.717) is 19.6 Å². The van der Waals surface area contributed by atoms with E-state index in [1.807, 2.05) is 24.3 Å². The second-order valence-corrected chi connectivity index (χ2v) is 8.25. The molecular weight excluding hydrogens is 394 g/mol. The van der Waals surface area contributed by atoms with Gasteiger partial charge in [-0.1, -0.05) is 30.4 Å². The number of hydrogen-bond acceptors (Lipinski definition) is 5. The van der Waals surface area contributed by atoms with E-state index in [4.69, 9.17) is 4.74 Å². The van der Waals surface area contributed by atoms with Crippen LogP contribution in [0.15, 0.2) is 54.7 Å². The quantitative estimate of drug-likeness (QED) is 0.691. The highest BCUT2D eigenvalue weighted by atomic mass is 16.5. The molecule has 0 aliphatic carbocycles. The highest BCUT2D eigenvalue weighted by Crippen LogP contribution is 2.35. The fourth-order valence-electron chi connectivity index (χ4n) is 4.31. The maximum atomic E-state index is 13.0. The van der Waals surface area contributed by atoms with E-state index < -0.39 is 0 Å². The number of allylic oxidation sites excluding steroid dienone is 2. The fourth-order valence-corrected chi connectivity index (χ4v) is 4.31. The second-order valence-electron chi connectivity index (χ2n) is 8.25. The molecule has 162 valence electrons. The number of fused-ring (bicyclic) bond motifs is 1. The van der Waals surface area contributed by atoms with Crippen LogP contribution in [-0.4, -0.2) is 53.0 Å². The molecule has 0 radical (unpaired) electrons. The number of aromatic hydroxyl groups is 1. The Morgan fingerprint density at radius 1 is 1.19 bits per heavy atom. The summed E-state index contributed by atoms with van der Waals surface area (Å²) in [4.78, 5) is 31.2. The zero-order valence-electron chi connectivity index (χ0n) is 17.4. The highest BCUT2D eigenvalue weighted by molar-refractivity contribution is 5.94. The Morgan fingerprint density at radius 3 is 2.94 bits per heavy atom. The van der Waals surface area contributed by atoms with Crippen molar-refractivity contribution < 1.29 is 19.4 Å². The number of aromatic nitrogens is 1. The Labute approximate surface area is 181 Å². The first-order valence-electron chi connectivity index (χ1n) is 10.6. The van der Waals surface area contributed by atoms with Crippen LogP contribution in [0.2, 0.25) is 0 Å². The zero-order valence-corrected chi connectivity index (χ0v) is 17.4. The van der Waals surface area contributed by atoms with Gasteiger partial charge in [0.2, 0.25) is 0 Å². The van der Waals surface area contributed by atoms with Crippen LogP contribution in [0.3, 0.4) is 0 Å². The molecule has 1 aromatic heterocycles. The Balaban J connectivity index is 1.54. The van der Waals surface area contributed by atoms with Gasteiger partial charge in [-0.05, 0) is 49.4 Å². The van der Waals surface area contributed by atoms with Crippen molar-refractivity contribution in [3.8, 4) is 11.5 Å². The molecule has 1 saturated heterocycles. The number of amides is 2. The summed E-state index contributed by atoms with van der Waals surface area (Å²) in [6, 6.07) is 10.8. The molecule has 0 saturated carbocycles. The first-order valence-corrected chi connectivity index (χ1v) is 10.6. The molecule has 2 aliphatic heterocycles. The van der Waals surface area contributed by atoms with Crippen LogP contribution in [-0.2, 0) is 11.2 Å². The topological polar surface area (TPSA) is 91.8 Å². The molecule has 1 spiro atoms. The predicted molar refractivity (Wildman–Crippen MR) is 116 cm³/mol. The molecule has 2 aliphatic rings. The molecule has 0 bridgehead atoms. The zero-order chi connectivity index (χ0) is 21.7. The van der Waals surface area contributed by atoms with Gasteiger partial charge in [0.15, 0.2) is 12.3 Å². The average Bonchev–Trinajstić information content (AvgIpc) is 2.79. The number of benzene rings is 1. The van der Waals surface area contributed by atoms with E-state index >= 15 is 0 Å². The van der Waals surface area contributed by atoms with Crippen molar-refractivity contribution in [2.45, 2.75) is 25.7 Å². The van der Waals surface area contributed by atoms with Gasteiger partial charge in [-0.25, -0.2) is 4.98 Å². The summed E-state index contributed by atoms with van der Waals surface area (Å²) in [5, 5.41) is 13.0. The lowest BCUT2D eigenvalue weighted by Gasteiger charge is -2.42. The normalized spacial score (nSPS) is 23.0. The van der Waals surface area contributed by atoms with Crippen LogP contribution in [0.4, 0.5) is 0 Å². The van der Waals surface area contributed by atoms with E-state index in [9.17, 15) is 14.7 Å². The van der Waals surface area contributed by atoms with Gasteiger partial charge < -0.3 is 20.1 Å². The van der Waals surface area contributed by atoms with Crippen molar-refractivity contribution in [3.63, 3.8) is 0 Å². The molecule has 1 fully saturated rings. The first kappa shape index (κ1) is 20.9. The van der Waals surface area contributed by atoms with E-state index in [0.717, 1.165) is 37.0 Å². The van der Waals surface area contributed by atoms with E-state index in [1.54, 1.807) is 11.0 Å². The van der Waals surface area contributed by atoms with Gasteiger partial charge in [0.25, 0.3) is 11.8 Å². The number of carbonyl (C=O) groups excluding carboxylic acids is 2. The van der Waals surface area contributed by atoms with Gasteiger partial charge >= 0.3 is 0 Å². The van der Waals surface area contributed by atoms with Gasteiger partial charge in [-0.3, -0.25) is 9.59 Å². The van der Waals surface area contributed by atoms with Crippen molar-refractivity contribution >= 4 is 11.8 Å². The predicted octanol–water partition coefficient (Wildman–Crippen LogP) is 2.71. The number of piperidine rings is 1. The number of pyridine rings is 1. The third-order valence-electron chi connectivity index (χ3n) is 5.98. The number of rotatable bonds is 1. The lowest BCUT2D eigenvalue weighted by Crippen LogP contribution is -2.51. The van der Waals surface area contributed by atoms with Gasteiger partial charge in [-0.15, -0.1) is 0 Å². The van der Waals surface area contributed by atoms with Crippen LogP contribution < -0.4 is 10.1 Å². The summed E-state index contributed by atoms with van der Waals surface area (Å²) in [6.45, 7) is 1.51. The van der Waals surface area contributed by atoms with Crippen LogP contribution in [0.5, 0.6) is 11.5 Å². The number of ether oxygens (including phenoxy) is 1. The molecule has 1 aromatic carbocycles. The average molecular weight is 421 g/mol. The molecule has 1 atom stereocenters. The number of nitrogens with zero attached hydrogens (tertiary/aromatic N) is 2. The molecule has 4 rings (SSSR count). The fraction of sp³-hybridized carbons (Fsp3) is 0.375. The summed E-state index contributed by atoms with van der Waals surface area (Å²) in [7, 11) is 0. The van der Waals surface area contributed by atoms with Crippen molar-refractivity contribution in [2.24, 2.45) is 5.41 Å². The Hall–Kier alpha value is -3.35. The van der Waals surface area contributed by atoms with Crippen molar-refractivity contribution in [1.82, 2.24) is 15.2 Å². The number of likely N-dealkylation sites (tertiary alicyclic amines) is 1. The third kappa shape index (κ3) is 4.87. The monoisotopic (exact) mass is 421 g/mol. The molecule has 2 N–H and O–H groups in total. The summed E-state index contributed by atoms with van der Waals surface area (Å²) in [6.07, 6.45) is 8.95. The van der Waals surface area contributed by atoms with Crippen LogP contribution in [0, 0.1) is 5.41 Å². The van der Waals surface area contributed by atoms with Gasteiger partial charge in [-0.2, -0.15) is 0 Å². The lowest BCUT2D eigenvalue weighted by atomic mass is 9.76. The van der Waals surface area contributed by atoms with Crippen LogP contribution in [0.1, 0.15) is 35.3 Å². The standard InChI is InChI=1S/C24H27N3O4/c28-19-9-5-13-25-22(19)23(30)27-14-6-12-24(17-27)11-4-3-8-18-7-1-2-10-20(18)31-15-21(29)26-16-24/h1-5,7,9-10,13,28H,6,8,11-12,14-17H2,(H,26,29)/b4-3+. The Morgan fingerprint density at radius 2 is 2.06 bits per heavy atom. The summed E-state index contributed by atoms with van der Waals surface area (Å²) in [5.74, 6) is 0.150. The summed E-state index contributed by atoms with van der Waals surface area (Å²) < 4.78 is 5.73. The molecule has 3 heterocycles. The van der Waals surface area contributed by atoms with Gasteiger partial charge in [0.05, 0.1) is 0 Å². The third-order valence-corrected chi connectivity index (χ3v) is 5.98. The van der Waals surface area contributed by atoms with Gasteiger partial charge in [0.1, 0.15) is 11.5 Å². The highest BCUT2D eigenvalue weighted by Gasteiger charge is 2.37. The van der Waals surface area contributed by atoms with Crippen molar-refractivity contribution in [3.05, 3.63) is 66.0 Å². The van der Waals surface area contributed by atoms with Crippen LogP contribution in [0.25, 0.3) is 0 Å². The van der Waals surface area contributed by atoms with E-state index in [-0.39, 0.29) is 35.3 Å². The van der Waals surface area contributed by atoms with Crippen LogP contribution >= 0.6 is 0 Å². The molecule has 1 unspecified atom stereocenters. The maximum Gasteiger partial charge on any atom is 0.276 e. The Kier molecular flexibility index (Phi) is 6.21. The van der Waals surface area contributed by atoms with E-state index in [1.165, 1.54) is 12.3 Å². The number of carbonyl (C=O) groups is 2. The molecule has 2 aromatic rings. The minimum Gasteiger partial charge on any atom is -0.505 e.